The number of nitrogens with one attached hydrogen (secondary N) is 1. The number of halogens is 3. The Kier molecular flexibility index (Phi) is 5.57. The standard InChI is InChI=1S/C12H12Cl2FNO3/c1-6(2-3-11(17)18)16-12(19)7-4-10(15)9(14)5-8(7)13/h4-6H,2-3H2,1H3,(H,16,19)(H,17,18). The van der Waals surface area contributed by atoms with Gasteiger partial charge in [0, 0.05) is 12.5 Å². The number of carbonyl (C=O) groups excluding carboxylic acids is 1. The summed E-state index contributed by atoms with van der Waals surface area (Å²) >= 11 is 11.3. The molecule has 0 bridgehead atoms. The van der Waals surface area contributed by atoms with Gasteiger partial charge in [-0.15, -0.1) is 0 Å². The molecule has 104 valence electrons. The van der Waals surface area contributed by atoms with E-state index in [2.05, 4.69) is 5.32 Å². The summed E-state index contributed by atoms with van der Waals surface area (Å²) < 4.78 is 13.3. The topological polar surface area (TPSA) is 66.4 Å². The van der Waals surface area contributed by atoms with Crippen LogP contribution in [0.25, 0.3) is 0 Å². The summed E-state index contributed by atoms with van der Waals surface area (Å²) in [6.45, 7) is 1.65. The van der Waals surface area contributed by atoms with Crippen LogP contribution >= 0.6 is 23.2 Å². The molecule has 7 heteroatoms. The number of carboxylic acid groups (broad SMARTS) is 1. The normalized spacial score (nSPS) is 12.0. The van der Waals surface area contributed by atoms with E-state index in [0.29, 0.717) is 0 Å². The molecule has 1 unspecified atom stereocenters. The van der Waals surface area contributed by atoms with Crippen LogP contribution in [-0.4, -0.2) is 23.0 Å². The lowest BCUT2D eigenvalue weighted by molar-refractivity contribution is -0.137. The van der Waals surface area contributed by atoms with E-state index in [1.165, 1.54) is 0 Å². The van der Waals surface area contributed by atoms with Crippen molar-refractivity contribution in [2.24, 2.45) is 0 Å². The molecule has 2 N–H and O–H groups in total. The van der Waals surface area contributed by atoms with E-state index >= 15 is 0 Å². The highest BCUT2D eigenvalue weighted by Crippen LogP contribution is 2.24. The van der Waals surface area contributed by atoms with Crippen LogP contribution in [0.3, 0.4) is 0 Å². The lowest BCUT2D eigenvalue weighted by Gasteiger charge is -2.13. The second kappa shape index (κ2) is 6.73. The summed E-state index contributed by atoms with van der Waals surface area (Å²) in [6.07, 6.45) is 0.207. The minimum Gasteiger partial charge on any atom is -0.481 e. The van der Waals surface area contributed by atoms with Gasteiger partial charge in [0.2, 0.25) is 0 Å². The Bertz CT molecular complexity index is 508. The number of amides is 1. The van der Waals surface area contributed by atoms with Crippen LogP contribution < -0.4 is 5.32 Å². The third-order valence-corrected chi connectivity index (χ3v) is 3.03. The first-order chi connectivity index (χ1) is 8.81. The first-order valence-electron chi connectivity index (χ1n) is 5.48. The van der Waals surface area contributed by atoms with E-state index in [1.807, 2.05) is 0 Å². The second-order valence-electron chi connectivity index (χ2n) is 4.05. The van der Waals surface area contributed by atoms with Crippen molar-refractivity contribution in [1.29, 1.82) is 0 Å². The van der Waals surface area contributed by atoms with Gasteiger partial charge in [0.1, 0.15) is 5.82 Å². The fourth-order valence-corrected chi connectivity index (χ4v) is 1.88. The molecule has 0 aromatic heterocycles. The lowest BCUT2D eigenvalue weighted by atomic mass is 10.1. The average Bonchev–Trinajstić information content (AvgIpc) is 2.31. The molecule has 0 spiro atoms. The number of rotatable bonds is 5. The van der Waals surface area contributed by atoms with Crippen LogP contribution in [0.5, 0.6) is 0 Å². The lowest BCUT2D eigenvalue weighted by Crippen LogP contribution is -2.33. The molecule has 1 rings (SSSR count). The molecule has 19 heavy (non-hydrogen) atoms. The van der Waals surface area contributed by atoms with Crippen molar-refractivity contribution in [1.82, 2.24) is 5.32 Å². The molecule has 1 aromatic rings. The third-order valence-electron chi connectivity index (χ3n) is 2.42. The van der Waals surface area contributed by atoms with Crippen LogP contribution in [-0.2, 0) is 4.79 Å². The van der Waals surface area contributed by atoms with Crippen LogP contribution in [0, 0.1) is 5.82 Å². The molecule has 0 radical (unpaired) electrons. The molecular weight excluding hydrogens is 296 g/mol. The highest BCUT2D eigenvalue weighted by atomic mass is 35.5. The first-order valence-corrected chi connectivity index (χ1v) is 6.24. The average molecular weight is 308 g/mol. The Morgan fingerprint density at radius 1 is 1.37 bits per heavy atom. The maximum absolute atomic E-state index is 13.3. The number of carbonyl (C=O) groups is 2. The summed E-state index contributed by atoms with van der Waals surface area (Å²) in [5, 5.41) is 10.9. The molecular formula is C12H12Cl2FNO3. The molecule has 0 saturated heterocycles. The molecule has 4 nitrogen and oxygen atoms in total. The monoisotopic (exact) mass is 307 g/mol. The molecule has 0 saturated carbocycles. The largest absolute Gasteiger partial charge is 0.481 e. The second-order valence-corrected chi connectivity index (χ2v) is 4.87. The predicted octanol–water partition coefficient (Wildman–Crippen LogP) is 3.12. The highest BCUT2D eigenvalue weighted by Gasteiger charge is 2.16. The summed E-state index contributed by atoms with van der Waals surface area (Å²) in [5.41, 5.74) is -0.0364. The van der Waals surface area contributed by atoms with Crippen LogP contribution in [0.2, 0.25) is 10.0 Å². The SMILES string of the molecule is CC(CCC(=O)O)NC(=O)c1cc(F)c(Cl)cc1Cl. The maximum atomic E-state index is 13.3. The van der Waals surface area contributed by atoms with Gasteiger partial charge in [-0.3, -0.25) is 9.59 Å². The number of benzene rings is 1. The molecule has 0 heterocycles. The molecule has 0 fully saturated rings. The number of aliphatic carboxylic acids is 1. The Hall–Kier alpha value is -1.33. The Balaban J connectivity index is 2.73. The van der Waals surface area contributed by atoms with Gasteiger partial charge in [-0.05, 0) is 25.5 Å². The molecule has 1 amide bonds. The summed E-state index contributed by atoms with van der Waals surface area (Å²) in [4.78, 5) is 22.2. The van der Waals surface area contributed by atoms with Gasteiger partial charge in [-0.1, -0.05) is 23.2 Å². The van der Waals surface area contributed by atoms with Gasteiger partial charge in [0.15, 0.2) is 0 Å². The third kappa shape index (κ3) is 4.69. The number of hydrogen-bond donors (Lipinski definition) is 2. The number of hydrogen-bond acceptors (Lipinski definition) is 2. The van der Waals surface area contributed by atoms with Gasteiger partial charge in [0.05, 0.1) is 15.6 Å². The minimum atomic E-state index is -0.948. The van der Waals surface area contributed by atoms with E-state index in [9.17, 15) is 14.0 Å². The van der Waals surface area contributed by atoms with Crippen molar-refractivity contribution < 1.29 is 19.1 Å². The van der Waals surface area contributed by atoms with Crippen molar-refractivity contribution in [2.75, 3.05) is 0 Å². The van der Waals surface area contributed by atoms with Gasteiger partial charge in [-0.25, -0.2) is 4.39 Å². The van der Waals surface area contributed by atoms with Crippen molar-refractivity contribution in [3.8, 4) is 0 Å². The minimum absolute atomic E-state index is 0.0364. The molecule has 1 aromatic carbocycles. The summed E-state index contributed by atoms with van der Waals surface area (Å²) in [6, 6.07) is 1.73. The van der Waals surface area contributed by atoms with E-state index < -0.39 is 17.7 Å². The van der Waals surface area contributed by atoms with Gasteiger partial charge in [0.25, 0.3) is 5.91 Å². The summed E-state index contributed by atoms with van der Waals surface area (Å²) in [7, 11) is 0. The van der Waals surface area contributed by atoms with Crippen molar-refractivity contribution in [3.63, 3.8) is 0 Å². The fourth-order valence-electron chi connectivity index (χ4n) is 1.41. The number of carboxylic acids is 1. The molecule has 0 aliphatic rings. The zero-order valence-electron chi connectivity index (χ0n) is 10.0. The van der Waals surface area contributed by atoms with Crippen LogP contribution in [0.4, 0.5) is 4.39 Å². The zero-order chi connectivity index (χ0) is 14.6. The smallest absolute Gasteiger partial charge is 0.303 e. The van der Waals surface area contributed by atoms with E-state index in [-0.39, 0.29) is 34.5 Å². The van der Waals surface area contributed by atoms with Crippen LogP contribution in [0.15, 0.2) is 12.1 Å². The molecule has 0 aliphatic carbocycles. The zero-order valence-corrected chi connectivity index (χ0v) is 11.6. The Morgan fingerprint density at radius 2 is 2.00 bits per heavy atom. The first kappa shape index (κ1) is 15.7. The van der Waals surface area contributed by atoms with Gasteiger partial charge < -0.3 is 10.4 Å². The van der Waals surface area contributed by atoms with E-state index in [1.54, 1.807) is 6.92 Å². The van der Waals surface area contributed by atoms with Gasteiger partial charge in [-0.2, -0.15) is 0 Å². The predicted molar refractivity (Wildman–Crippen MR) is 70.2 cm³/mol. The molecule has 1 atom stereocenters. The van der Waals surface area contributed by atoms with E-state index in [0.717, 1.165) is 12.1 Å². The van der Waals surface area contributed by atoms with Gasteiger partial charge >= 0.3 is 5.97 Å². The maximum Gasteiger partial charge on any atom is 0.303 e. The van der Waals surface area contributed by atoms with Crippen molar-refractivity contribution >= 4 is 35.1 Å². The van der Waals surface area contributed by atoms with Crippen LogP contribution in [0.1, 0.15) is 30.1 Å². The highest BCUT2D eigenvalue weighted by molar-refractivity contribution is 6.36. The Morgan fingerprint density at radius 3 is 2.58 bits per heavy atom. The van der Waals surface area contributed by atoms with Crippen molar-refractivity contribution in [3.05, 3.63) is 33.6 Å². The van der Waals surface area contributed by atoms with Crippen molar-refractivity contribution in [2.45, 2.75) is 25.8 Å². The summed E-state index contributed by atoms with van der Waals surface area (Å²) in [5.74, 6) is -2.26. The quantitative estimate of drug-likeness (QED) is 0.821. The molecule has 0 aliphatic heterocycles. The fraction of sp³-hybridized carbons (Fsp3) is 0.333. The Labute approximate surface area is 119 Å². The van der Waals surface area contributed by atoms with E-state index in [4.69, 9.17) is 28.3 Å².